The van der Waals surface area contributed by atoms with E-state index in [9.17, 15) is 0 Å². The topological polar surface area (TPSA) is 8.17 Å². The van der Waals surface area contributed by atoms with Crippen molar-refractivity contribution < 1.29 is 0 Å². The molecule has 1 atom stereocenters. The van der Waals surface area contributed by atoms with Crippen LogP contribution >= 0.6 is 11.8 Å². The summed E-state index contributed by atoms with van der Waals surface area (Å²) in [7, 11) is 0. The number of fused-ring (bicyclic) bond motifs is 11. The van der Waals surface area contributed by atoms with Gasteiger partial charge >= 0.3 is 0 Å². The summed E-state index contributed by atoms with van der Waals surface area (Å²) in [6.07, 6.45) is 0. The van der Waals surface area contributed by atoms with E-state index in [-0.39, 0.29) is 0 Å². The van der Waals surface area contributed by atoms with Crippen LogP contribution < -0.4 is 4.90 Å². The fourth-order valence-electron chi connectivity index (χ4n) is 11.7. The number of nitrogens with zero attached hydrogens (tertiary/aromatic N) is 2. The molecule has 0 bridgehead atoms. The van der Waals surface area contributed by atoms with Gasteiger partial charge in [-0.25, -0.2) is 0 Å². The quantitative estimate of drug-likeness (QED) is 0.164. The van der Waals surface area contributed by atoms with E-state index >= 15 is 0 Å². The van der Waals surface area contributed by atoms with Gasteiger partial charge in [-0.05, 0) is 110 Å². The molecule has 2 aliphatic rings. The van der Waals surface area contributed by atoms with Gasteiger partial charge in [0.05, 0.1) is 27.8 Å². The molecule has 14 rings (SSSR count). The van der Waals surface area contributed by atoms with Crippen LogP contribution in [0.5, 0.6) is 0 Å². The van der Waals surface area contributed by atoms with Crippen molar-refractivity contribution in [3.63, 3.8) is 0 Å². The average molecular weight is 883 g/mol. The maximum atomic E-state index is 2.49. The van der Waals surface area contributed by atoms with E-state index in [1.807, 2.05) is 11.8 Å². The fraction of sp³-hybridized carbons (Fsp3) is 0.0154. The number of hydrogen-bond donors (Lipinski definition) is 0. The molecule has 11 aromatic carbocycles. The van der Waals surface area contributed by atoms with Gasteiger partial charge in [-0.1, -0.05) is 212 Å². The van der Waals surface area contributed by atoms with Crippen molar-refractivity contribution in [2.75, 3.05) is 4.90 Å². The average Bonchev–Trinajstić information content (AvgIpc) is 3.74. The van der Waals surface area contributed by atoms with Gasteiger partial charge in [-0.3, -0.25) is 0 Å². The lowest BCUT2D eigenvalue weighted by Gasteiger charge is -2.46. The molecule has 1 aromatic heterocycles. The van der Waals surface area contributed by atoms with Gasteiger partial charge in [0.2, 0.25) is 0 Å². The van der Waals surface area contributed by atoms with Crippen molar-refractivity contribution >= 4 is 61.4 Å². The van der Waals surface area contributed by atoms with Crippen LogP contribution in [0.4, 0.5) is 17.1 Å². The third-order valence-corrected chi connectivity index (χ3v) is 15.6. The normalized spacial score (nSPS) is 14.5. The third kappa shape index (κ3) is 5.66. The number of anilines is 3. The van der Waals surface area contributed by atoms with Crippen LogP contribution in [0.25, 0.3) is 71.6 Å². The molecule has 2 nitrogen and oxygen atoms in total. The zero-order chi connectivity index (χ0) is 44.8. The Morgan fingerprint density at radius 3 is 1.76 bits per heavy atom. The molecule has 2 heterocycles. The Hall–Kier alpha value is -8.37. The van der Waals surface area contributed by atoms with E-state index in [1.54, 1.807) is 0 Å². The van der Waals surface area contributed by atoms with Crippen molar-refractivity contribution in [3.05, 3.63) is 277 Å². The van der Waals surface area contributed by atoms with Crippen LogP contribution in [0.15, 0.2) is 265 Å². The summed E-state index contributed by atoms with van der Waals surface area (Å²) in [6.45, 7) is 0. The van der Waals surface area contributed by atoms with Crippen molar-refractivity contribution in [1.29, 1.82) is 0 Å². The molecule has 1 aliphatic heterocycles. The summed E-state index contributed by atoms with van der Waals surface area (Å²) >= 11 is 1.89. The molecule has 0 N–H and O–H groups in total. The Balaban J connectivity index is 1.02. The Labute approximate surface area is 400 Å². The van der Waals surface area contributed by atoms with Gasteiger partial charge < -0.3 is 9.47 Å². The third-order valence-electron chi connectivity index (χ3n) is 14.4. The summed E-state index contributed by atoms with van der Waals surface area (Å²) in [5.41, 5.74) is 19.0. The smallest absolute Gasteiger partial charge is 0.0735 e. The standard InChI is InChI=1S/C65H42N2S/c1-3-19-43(20-4-1)48-25-8-13-33-58(48)66(46-38-40-61-53(41-46)51-28-10-15-35-60(51)67(61)59-34-14-9-26-49(59)44-21-5-2-6-22-44)47-37-39-56-63(42-47)68-62-36-16-12-31-55(62)65(56)54-30-11-7-27-50(54)52-29-17-23-45-24-18-32-57(65)64(45)52/h1-42H. The highest BCUT2D eigenvalue weighted by atomic mass is 32.2. The molecule has 1 unspecified atom stereocenters. The second-order valence-corrected chi connectivity index (χ2v) is 19.0. The Kier molecular flexibility index (Phi) is 8.77. The second-order valence-electron chi connectivity index (χ2n) is 17.9. The molecule has 0 radical (unpaired) electrons. The van der Waals surface area contributed by atoms with E-state index in [0.717, 1.165) is 22.7 Å². The Bertz CT molecular complexity index is 3960. The van der Waals surface area contributed by atoms with E-state index in [0.29, 0.717) is 0 Å². The lowest BCUT2D eigenvalue weighted by Crippen LogP contribution is -2.36. The molecule has 68 heavy (non-hydrogen) atoms. The molecule has 1 aliphatic carbocycles. The molecular formula is C65H42N2S. The predicted molar refractivity (Wildman–Crippen MR) is 285 cm³/mol. The van der Waals surface area contributed by atoms with E-state index in [2.05, 4.69) is 264 Å². The van der Waals surface area contributed by atoms with Gasteiger partial charge in [0.25, 0.3) is 0 Å². The van der Waals surface area contributed by atoms with Crippen molar-refractivity contribution in [2.24, 2.45) is 0 Å². The summed E-state index contributed by atoms with van der Waals surface area (Å²) < 4.78 is 2.45. The molecule has 1 spiro atoms. The number of aromatic nitrogens is 1. The summed E-state index contributed by atoms with van der Waals surface area (Å²) in [4.78, 5) is 5.03. The molecule has 12 aromatic rings. The highest BCUT2D eigenvalue weighted by Gasteiger charge is 2.48. The van der Waals surface area contributed by atoms with Crippen molar-refractivity contribution in [1.82, 2.24) is 4.57 Å². The molecule has 0 amide bonds. The van der Waals surface area contributed by atoms with Crippen molar-refractivity contribution in [3.8, 4) is 39.1 Å². The number of hydrogen-bond acceptors (Lipinski definition) is 2. The highest BCUT2D eigenvalue weighted by Crippen LogP contribution is 2.62. The SMILES string of the molecule is c1ccc(-c2ccccc2N(c2ccc3c(c2)Sc2ccccc2C32c3ccccc3-c3cccc4cccc2c34)c2ccc3c(c2)c2ccccc2n3-c2ccccc2-c2ccccc2)cc1. The Morgan fingerprint density at radius 2 is 0.926 bits per heavy atom. The zero-order valence-electron chi connectivity index (χ0n) is 37.1. The lowest BCUT2D eigenvalue weighted by atomic mass is 9.59. The number of benzene rings is 11. The summed E-state index contributed by atoms with van der Waals surface area (Å²) in [5.74, 6) is 0. The van der Waals surface area contributed by atoms with Crippen LogP contribution in [0.2, 0.25) is 0 Å². The first-order valence-corrected chi connectivity index (χ1v) is 24.2. The molecule has 0 fully saturated rings. The zero-order valence-corrected chi connectivity index (χ0v) is 37.9. The fourth-order valence-corrected chi connectivity index (χ4v) is 12.9. The first kappa shape index (κ1) is 38.9. The van der Waals surface area contributed by atoms with Gasteiger partial charge in [-0.15, -0.1) is 0 Å². The largest absolute Gasteiger partial charge is 0.310 e. The van der Waals surface area contributed by atoms with Gasteiger partial charge in [0.1, 0.15) is 0 Å². The van der Waals surface area contributed by atoms with Gasteiger partial charge in [-0.2, -0.15) is 0 Å². The van der Waals surface area contributed by atoms with Crippen molar-refractivity contribution in [2.45, 2.75) is 15.2 Å². The maximum Gasteiger partial charge on any atom is 0.0735 e. The minimum absolute atomic E-state index is 0.524. The van der Waals surface area contributed by atoms with Crippen LogP contribution in [-0.4, -0.2) is 4.57 Å². The van der Waals surface area contributed by atoms with Gasteiger partial charge in [0.15, 0.2) is 0 Å². The minimum Gasteiger partial charge on any atom is -0.310 e. The van der Waals surface area contributed by atoms with Crippen LogP contribution in [0.1, 0.15) is 22.3 Å². The van der Waals surface area contributed by atoms with Crippen LogP contribution in [0, 0.1) is 0 Å². The summed E-state index contributed by atoms with van der Waals surface area (Å²) in [5, 5.41) is 5.02. The molecule has 3 heteroatoms. The monoisotopic (exact) mass is 882 g/mol. The van der Waals surface area contributed by atoms with E-state index in [1.165, 1.54) is 98.0 Å². The Morgan fingerprint density at radius 1 is 0.353 bits per heavy atom. The summed E-state index contributed by atoms with van der Waals surface area (Å²) in [6, 6.07) is 94.4. The second kappa shape index (κ2) is 15.4. The maximum absolute atomic E-state index is 2.49. The van der Waals surface area contributed by atoms with Gasteiger partial charge in [0, 0.05) is 43.1 Å². The first-order valence-electron chi connectivity index (χ1n) is 23.4. The van der Waals surface area contributed by atoms with Crippen LogP contribution in [0.3, 0.4) is 0 Å². The highest BCUT2D eigenvalue weighted by molar-refractivity contribution is 7.99. The lowest BCUT2D eigenvalue weighted by molar-refractivity contribution is 0.707. The molecule has 318 valence electrons. The molecule has 0 saturated heterocycles. The first-order chi connectivity index (χ1) is 33.8. The number of rotatable bonds is 6. The van der Waals surface area contributed by atoms with Crippen LogP contribution in [-0.2, 0) is 5.41 Å². The number of para-hydroxylation sites is 3. The molecule has 0 saturated carbocycles. The minimum atomic E-state index is -0.524. The van der Waals surface area contributed by atoms with E-state index < -0.39 is 5.41 Å². The predicted octanol–water partition coefficient (Wildman–Crippen LogP) is 17.6. The molecular weight excluding hydrogens is 841 g/mol. The van der Waals surface area contributed by atoms with E-state index in [4.69, 9.17) is 0 Å².